The summed E-state index contributed by atoms with van der Waals surface area (Å²) in [7, 11) is 0. The summed E-state index contributed by atoms with van der Waals surface area (Å²) < 4.78 is 1.41. The SMILES string of the molecule is CC1Cc2ccccc2N1CCCNc1cc(-n2[nH]cc(-c3cccnc3)c2=O)ncn1. The average molecular weight is 428 g/mol. The van der Waals surface area contributed by atoms with E-state index in [4.69, 9.17) is 0 Å². The number of rotatable bonds is 7. The quantitative estimate of drug-likeness (QED) is 0.440. The molecular weight excluding hydrogens is 402 g/mol. The molecule has 1 aliphatic rings. The minimum absolute atomic E-state index is 0.177. The van der Waals surface area contributed by atoms with Gasteiger partial charge in [-0.3, -0.25) is 14.9 Å². The van der Waals surface area contributed by atoms with Gasteiger partial charge in [-0.15, -0.1) is 0 Å². The third-order valence-corrected chi connectivity index (χ3v) is 5.86. The van der Waals surface area contributed by atoms with Crippen LogP contribution in [0.4, 0.5) is 11.5 Å². The molecule has 162 valence electrons. The van der Waals surface area contributed by atoms with Crippen molar-refractivity contribution in [1.29, 1.82) is 0 Å². The van der Waals surface area contributed by atoms with Crippen LogP contribution in [-0.2, 0) is 6.42 Å². The molecule has 2 N–H and O–H groups in total. The summed E-state index contributed by atoms with van der Waals surface area (Å²) in [6.45, 7) is 4.04. The van der Waals surface area contributed by atoms with E-state index in [1.807, 2.05) is 6.07 Å². The maximum atomic E-state index is 12.8. The molecule has 1 aromatic carbocycles. The van der Waals surface area contributed by atoms with E-state index in [9.17, 15) is 4.79 Å². The van der Waals surface area contributed by atoms with Crippen molar-refractivity contribution in [3.63, 3.8) is 0 Å². The smallest absolute Gasteiger partial charge is 0.280 e. The first kappa shape index (κ1) is 20.0. The number of pyridine rings is 1. The van der Waals surface area contributed by atoms with E-state index in [1.165, 1.54) is 22.3 Å². The van der Waals surface area contributed by atoms with Crippen LogP contribution in [-0.4, -0.2) is 43.9 Å². The molecule has 1 atom stereocenters. The van der Waals surface area contributed by atoms with Gasteiger partial charge in [-0.05, 0) is 37.5 Å². The molecule has 3 aromatic heterocycles. The maximum Gasteiger partial charge on any atom is 0.280 e. The monoisotopic (exact) mass is 427 g/mol. The van der Waals surface area contributed by atoms with Gasteiger partial charge in [0.1, 0.15) is 12.1 Å². The van der Waals surface area contributed by atoms with Crippen molar-refractivity contribution >= 4 is 11.5 Å². The fourth-order valence-corrected chi connectivity index (χ4v) is 4.27. The van der Waals surface area contributed by atoms with E-state index in [0.29, 0.717) is 23.2 Å². The van der Waals surface area contributed by atoms with Crippen LogP contribution in [0.25, 0.3) is 16.9 Å². The molecule has 0 fully saturated rings. The molecule has 5 rings (SSSR count). The molecule has 0 bridgehead atoms. The fraction of sp³-hybridized carbons (Fsp3) is 0.250. The second-order valence-corrected chi connectivity index (χ2v) is 7.99. The van der Waals surface area contributed by atoms with Crippen molar-refractivity contribution in [1.82, 2.24) is 24.7 Å². The van der Waals surface area contributed by atoms with Gasteiger partial charge in [-0.2, -0.15) is 0 Å². The molecule has 0 aliphatic carbocycles. The van der Waals surface area contributed by atoms with Gasteiger partial charge in [0.05, 0.1) is 5.56 Å². The Balaban J connectivity index is 1.23. The zero-order chi connectivity index (χ0) is 21.9. The molecule has 4 heterocycles. The highest BCUT2D eigenvalue weighted by Crippen LogP contribution is 2.31. The van der Waals surface area contributed by atoms with Gasteiger partial charge in [-0.25, -0.2) is 14.6 Å². The summed E-state index contributed by atoms with van der Waals surface area (Å²) in [5.74, 6) is 1.18. The lowest BCUT2D eigenvalue weighted by atomic mass is 10.1. The lowest BCUT2D eigenvalue weighted by Crippen LogP contribution is -2.31. The largest absolute Gasteiger partial charge is 0.370 e. The van der Waals surface area contributed by atoms with Gasteiger partial charge >= 0.3 is 0 Å². The standard InChI is InChI=1S/C24H25N7O/c1-17-12-18-6-2-3-8-21(18)30(17)11-5-10-26-22-13-23(28-16-27-22)31-24(32)20(15-29-31)19-7-4-9-25-14-19/h2-4,6-9,13-17,29H,5,10-12H2,1H3,(H,26,27,28). The highest BCUT2D eigenvalue weighted by molar-refractivity contribution is 5.61. The van der Waals surface area contributed by atoms with E-state index in [1.54, 1.807) is 30.7 Å². The Morgan fingerprint density at radius 1 is 1.19 bits per heavy atom. The molecule has 1 aliphatic heterocycles. The Morgan fingerprint density at radius 2 is 2.09 bits per heavy atom. The van der Waals surface area contributed by atoms with E-state index >= 15 is 0 Å². The molecule has 0 amide bonds. The molecule has 0 spiro atoms. The Morgan fingerprint density at radius 3 is 2.97 bits per heavy atom. The summed E-state index contributed by atoms with van der Waals surface area (Å²) in [6.07, 6.45) is 8.56. The molecule has 8 nitrogen and oxygen atoms in total. The second kappa shape index (κ2) is 8.66. The number of aromatic nitrogens is 5. The van der Waals surface area contributed by atoms with Gasteiger partial charge in [0, 0.05) is 55.0 Å². The minimum atomic E-state index is -0.177. The number of benzene rings is 1. The first-order chi connectivity index (χ1) is 15.7. The number of anilines is 2. The van der Waals surface area contributed by atoms with Crippen LogP contribution in [0.3, 0.4) is 0 Å². The predicted molar refractivity (Wildman–Crippen MR) is 125 cm³/mol. The lowest BCUT2D eigenvalue weighted by molar-refractivity contribution is 0.655. The highest BCUT2D eigenvalue weighted by atomic mass is 16.1. The Hall–Kier alpha value is -3.94. The first-order valence-electron chi connectivity index (χ1n) is 10.8. The van der Waals surface area contributed by atoms with Crippen LogP contribution in [0.15, 0.2) is 72.2 Å². The van der Waals surface area contributed by atoms with Crippen molar-refractivity contribution < 1.29 is 0 Å². The zero-order valence-electron chi connectivity index (χ0n) is 17.9. The number of fused-ring (bicyclic) bond motifs is 1. The number of nitrogens with one attached hydrogen (secondary N) is 2. The normalized spacial score (nSPS) is 15.0. The van der Waals surface area contributed by atoms with Crippen molar-refractivity contribution in [3.05, 3.63) is 83.3 Å². The lowest BCUT2D eigenvalue weighted by Gasteiger charge is -2.25. The third-order valence-electron chi connectivity index (χ3n) is 5.86. The summed E-state index contributed by atoms with van der Waals surface area (Å²) >= 11 is 0. The van der Waals surface area contributed by atoms with E-state index < -0.39 is 0 Å². The highest BCUT2D eigenvalue weighted by Gasteiger charge is 2.24. The van der Waals surface area contributed by atoms with Crippen LogP contribution in [0.2, 0.25) is 0 Å². The van der Waals surface area contributed by atoms with Crippen molar-refractivity contribution in [2.45, 2.75) is 25.8 Å². The number of H-pyrrole nitrogens is 1. The number of hydrogen-bond donors (Lipinski definition) is 2. The van der Waals surface area contributed by atoms with Gasteiger partial charge in [0.25, 0.3) is 5.56 Å². The van der Waals surface area contributed by atoms with Crippen LogP contribution >= 0.6 is 0 Å². The fourth-order valence-electron chi connectivity index (χ4n) is 4.27. The predicted octanol–water partition coefficient (Wildman–Crippen LogP) is 3.27. The molecule has 8 heteroatoms. The van der Waals surface area contributed by atoms with Crippen LogP contribution in [0, 0.1) is 0 Å². The number of para-hydroxylation sites is 1. The maximum absolute atomic E-state index is 12.8. The van der Waals surface area contributed by atoms with Crippen molar-refractivity contribution in [2.75, 3.05) is 23.3 Å². The number of hydrogen-bond acceptors (Lipinski definition) is 6. The molecule has 1 unspecified atom stereocenters. The molecule has 0 radical (unpaired) electrons. The van der Waals surface area contributed by atoms with Crippen LogP contribution < -0.4 is 15.8 Å². The van der Waals surface area contributed by atoms with Crippen molar-refractivity contribution in [2.24, 2.45) is 0 Å². The summed E-state index contributed by atoms with van der Waals surface area (Å²) in [5.41, 5.74) is 3.91. The van der Waals surface area contributed by atoms with Gasteiger partial charge in [-0.1, -0.05) is 24.3 Å². The second-order valence-electron chi connectivity index (χ2n) is 7.99. The molecule has 4 aromatic rings. The molecule has 0 saturated carbocycles. The van der Waals surface area contributed by atoms with Crippen LogP contribution in [0.5, 0.6) is 0 Å². The van der Waals surface area contributed by atoms with E-state index in [2.05, 4.69) is 61.5 Å². The van der Waals surface area contributed by atoms with E-state index in [-0.39, 0.29) is 5.56 Å². The Kier molecular flexibility index (Phi) is 5.41. The average Bonchev–Trinajstić information content (AvgIpc) is 3.36. The number of nitrogens with zero attached hydrogens (tertiary/aromatic N) is 5. The van der Waals surface area contributed by atoms with Gasteiger partial charge in [0.15, 0.2) is 5.82 Å². The van der Waals surface area contributed by atoms with Gasteiger partial charge < -0.3 is 10.2 Å². The molecule has 0 saturated heterocycles. The Bertz CT molecular complexity index is 1260. The Labute approximate surface area is 186 Å². The number of aromatic amines is 1. The van der Waals surface area contributed by atoms with Crippen molar-refractivity contribution in [3.8, 4) is 16.9 Å². The summed E-state index contributed by atoms with van der Waals surface area (Å²) in [6, 6.07) is 14.6. The van der Waals surface area contributed by atoms with Crippen LogP contribution in [0.1, 0.15) is 18.9 Å². The first-order valence-corrected chi connectivity index (χ1v) is 10.8. The third kappa shape index (κ3) is 3.87. The summed E-state index contributed by atoms with van der Waals surface area (Å²) in [4.78, 5) is 28.0. The minimum Gasteiger partial charge on any atom is -0.370 e. The summed E-state index contributed by atoms with van der Waals surface area (Å²) in [5, 5.41) is 6.34. The zero-order valence-corrected chi connectivity index (χ0v) is 17.9. The van der Waals surface area contributed by atoms with E-state index in [0.717, 1.165) is 31.5 Å². The van der Waals surface area contributed by atoms with Gasteiger partial charge in [0.2, 0.25) is 0 Å². The molecule has 32 heavy (non-hydrogen) atoms. The molecular formula is C24H25N7O. The topological polar surface area (TPSA) is 91.7 Å².